The summed E-state index contributed by atoms with van der Waals surface area (Å²) in [6.07, 6.45) is 4.22. The highest BCUT2D eigenvalue weighted by atomic mass is 15.1. The molecule has 0 radical (unpaired) electrons. The predicted molar refractivity (Wildman–Crippen MR) is 71.9 cm³/mol. The van der Waals surface area contributed by atoms with Crippen LogP contribution >= 0.6 is 0 Å². The molecule has 5 nitrogen and oxygen atoms in total. The van der Waals surface area contributed by atoms with Crippen LogP contribution in [0.25, 0.3) is 0 Å². The maximum Gasteiger partial charge on any atom is 0.152 e. The van der Waals surface area contributed by atoms with Gasteiger partial charge in [-0.3, -0.25) is 0 Å². The molecule has 0 amide bonds. The fourth-order valence-corrected chi connectivity index (χ4v) is 1.84. The number of nitrogens with one attached hydrogen (secondary N) is 1. The van der Waals surface area contributed by atoms with Gasteiger partial charge in [-0.1, -0.05) is 13.8 Å². The van der Waals surface area contributed by atoms with E-state index >= 15 is 0 Å². The molecule has 1 aromatic rings. The first-order chi connectivity index (χ1) is 7.99. The summed E-state index contributed by atoms with van der Waals surface area (Å²) in [5.41, 5.74) is 6.43. The van der Waals surface area contributed by atoms with Crippen LogP contribution in [0.3, 0.4) is 0 Å². The van der Waals surface area contributed by atoms with E-state index in [0.717, 1.165) is 18.8 Å². The number of anilines is 2. The second-order valence-electron chi connectivity index (χ2n) is 5.06. The maximum absolute atomic E-state index is 5.83. The molecule has 5 heteroatoms. The molecular weight excluding hydrogens is 214 g/mol. The highest BCUT2D eigenvalue weighted by molar-refractivity contribution is 5.59. The van der Waals surface area contributed by atoms with Gasteiger partial charge < -0.3 is 16.0 Å². The van der Waals surface area contributed by atoms with E-state index < -0.39 is 0 Å². The smallest absolute Gasteiger partial charge is 0.152 e. The van der Waals surface area contributed by atoms with E-state index in [1.165, 1.54) is 6.33 Å². The van der Waals surface area contributed by atoms with Crippen molar-refractivity contribution in [2.75, 3.05) is 31.7 Å². The Kier molecular flexibility index (Phi) is 5.15. The van der Waals surface area contributed by atoms with Crippen molar-refractivity contribution in [2.45, 2.75) is 26.3 Å². The third-order valence-electron chi connectivity index (χ3n) is 2.42. The number of nitrogen functional groups attached to an aromatic ring is 1. The molecule has 0 saturated carbocycles. The fourth-order valence-electron chi connectivity index (χ4n) is 1.84. The van der Waals surface area contributed by atoms with Crippen molar-refractivity contribution >= 4 is 11.5 Å². The van der Waals surface area contributed by atoms with Crippen LogP contribution in [0.1, 0.15) is 20.3 Å². The highest BCUT2D eigenvalue weighted by Crippen LogP contribution is 2.16. The summed E-state index contributed by atoms with van der Waals surface area (Å²) in [5, 5.41) is 3.39. The molecule has 0 spiro atoms. The van der Waals surface area contributed by atoms with Crippen molar-refractivity contribution in [3.63, 3.8) is 0 Å². The molecule has 17 heavy (non-hydrogen) atoms. The summed E-state index contributed by atoms with van der Waals surface area (Å²) < 4.78 is 0. The average Bonchev–Trinajstić information content (AvgIpc) is 2.19. The molecule has 1 rings (SSSR count). The molecule has 0 aromatic carbocycles. The number of hydrogen-bond acceptors (Lipinski definition) is 5. The van der Waals surface area contributed by atoms with Crippen molar-refractivity contribution in [2.24, 2.45) is 5.92 Å². The highest BCUT2D eigenvalue weighted by Gasteiger charge is 2.13. The largest absolute Gasteiger partial charge is 0.394 e. The van der Waals surface area contributed by atoms with Crippen molar-refractivity contribution < 1.29 is 0 Å². The van der Waals surface area contributed by atoms with Crippen LogP contribution in [-0.2, 0) is 0 Å². The fraction of sp³-hybridized carbons (Fsp3) is 0.667. The van der Waals surface area contributed by atoms with Gasteiger partial charge in [0.15, 0.2) is 5.82 Å². The van der Waals surface area contributed by atoms with Gasteiger partial charge in [-0.15, -0.1) is 0 Å². The zero-order chi connectivity index (χ0) is 12.8. The quantitative estimate of drug-likeness (QED) is 0.784. The Hall–Kier alpha value is -1.36. The molecule has 96 valence electrons. The molecule has 1 heterocycles. The van der Waals surface area contributed by atoms with Crippen LogP contribution in [-0.4, -0.2) is 41.5 Å². The number of nitrogens with two attached hydrogens (primary N) is 1. The first-order valence-electron chi connectivity index (χ1n) is 5.95. The predicted octanol–water partition coefficient (Wildman–Crippen LogP) is 1.45. The van der Waals surface area contributed by atoms with E-state index in [2.05, 4.69) is 48.1 Å². The molecule has 1 aromatic heterocycles. The van der Waals surface area contributed by atoms with E-state index in [1.54, 1.807) is 6.20 Å². The van der Waals surface area contributed by atoms with Crippen LogP contribution < -0.4 is 11.1 Å². The first-order valence-corrected chi connectivity index (χ1v) is 5.95. The minimum atomic E-state index is 0.349. The minimum Gasteiger partial charge on any atom is -0.394 e. The van der Waals surface area contributed by atoms with Gasteiger partial charge in [0.05, 0.1) is 11.9 Å². The number of likely N-dealkylation sites (N-methyl/N-ethyl adjacent to an activating group) is 1. The monoisotopic (exact) mass is 237 g/mol. The Morgan fingerprint density at radius 1 is 1.41 bits per heavy atom. The van der Waals surface area contributed by atoms with Crippen molar-refractivity contribution in [1.29, 1.82) is 0 Å². The Balaban J connectivity index is 2.68. The van der Waals surface area contributed by atoms with Crippen LogP contribution in [0, 0.1) is 5.92 Å². The van der Waals surface area contributed by atoms with Gasteiger partial charge in [0.25, 0.3) is 0 Å². The molecule has 0 aliphatic carbocycles. The molecule has 0 aliphatic rings. The normalized spacial score (nSPS) is 13.1. The van der Waals surface area contributed by atoms with Crippen LogP contribution in [0.4, 0.5) is 11.5 Å². The van der Waals surface area contributed by atoms with E-state index in [4.69, 9.17) is 5.73 Å². The minimum absolute atomic E-state index is 0.349. The van der Waals surface area contributed by atoms with Crippen LogP contribution in [0.5, 0.6) is 0 Å². The second-order valence-corrected chi connectivity index (χ2v) is 5.06. The van der Waals surface area contributed by atoms with Crippen LogP contribution in [0.2, 0.25) is 0 Å². The zero-order valence-electron chi connectivity index (χ0n) is 11.1. The lowest BCUT2D eigenvalue weighted by molar-refractivity contribution is 0.356. The SMILES string of the molecule is CC(C)CC(CN(C)C)Nc1ncncc1N. The second kappa shape index (κ2) is 6.39. The van der Waals surface area contributed by atoms with Gasteiger partial charge in [0.1, 0.15) is 6.33 Å². The van der Waals surface area contributed by atoms with E-state index in [9.17, 15) is 0 Å². The number of hydrogen-bond donors (Lipinski definition) is 2. The van der Waals surface area contributed by atoms with E-state index in [1.807, 2.05) is 0 Å². The van der Waals surface area contributed by atoms with Crippen molar-refractivity contribution in [1.82, 2.24) is 14.9 Å². The topological polar surface area (TPSA) is 67.1 Å². The third kappa shape index (κ3) is 4.99. The Morgan fingerprint density at radius 3 is 2.65 bits per heavy atom. The van der Waals surface area contributed by atoms with Gasteiger partial charge in [-0.25, -0.2) is 9.97 Å². The van der Waals surface area contributed by atoms with Gasteiger partial charge in [0, 0.05) is 12.6 Å². The van der Waals surface area contributed by atoms with Gasteiger partial charge in [-0.2, -0.15) is 0 Å². The van der Waals surface area contributed by atoms with E-state index in [-0.39, 0.29) is 0 Å². The summed E-state index contributed by atoms with van der Waals surface area (Å²) in [6.45, 7) is 5.39. The Labute approximate surface area is 103 Å². The molecule has 0 fully saturated rings. The van der Waals surface area contributed by atoms with Crippen molar-refractivity contribution in [3.8, 4) is 0 Å². The lowest BCUT2D eigenvalue weighted by Crippen LogP contribution is -2.34. The molecule has 0 bridgehead atoms. The molecule has 1 atom stereocenters. The molecule has 3 N–H and O–H groups in total. The van der Waals surface area contributed by atoms with Gasteiger partial charge in [-0.05, 0) is 26.4 Å². The molecule has 0 aliphatic heterocycles. The zero-order valence-corrected chi connectivity index (χ0v) is 11.1. The maximum atomic E-state index is 5.83. The summed E-state index contributed by atoms with van der Waals surface area (Å²) in [7, 11) is 4.14. The van der Waals surface area contributed by atoms with Gasteiger partial charge in [0.2, 0.25) is 0 Å². The number of nitrogens with zero attached hydrogens (tertiary/aromatic N) is 3. The molecule has 0 saturated heterocycles. The number of rotatable bonds is 6. The van der Waals surface area contributed by atoms with E-state index in [0.29, 0.717) is 17.6 Å². The molecular formula is C12H23N5. The van der Waals surface area contributed by atoms with Crippen LogP contribution in [0.15, 0.2) is 12.5 Å². The lowest BCUT2D eigenvalue weighted by Gasteiger charge is -2.24. The average molecular weight is 237 g/mol. The van der Waals surface area contributed by atoms with Gasteiger partial charge >= 0.3 is 0 Å². The lowest BCUT2D eigenvalue weighted by atomic mass is 10.0. The summed E-state index contributed by atoms with van der Waals surface area (Å²) in [5.74, 6) is 1.36. The first kappa shape index (κ1) is 13.7. The Bertz CT molecular complexity index is 327. The summed E-state index contributed by atoms with van der Waals surface area (Å²) >= 11 is 0. The standard InChI is InChI=1S/C12H23N5/c1-9(2)5-10(7-17(3)4)16-12-11(13)6-14-8-15-12/h6,8-10H,5,7,13H2,1-4H3,(H,14,15,16). The third-order valence-corrected chi connectivity index (χ3v) is 2.42. The summed E-state index contributed by atoms with van der Waals surface area (Å²) in [6, 6.07) is 0.349. The Morgan fingerprint density at radius 2 is 2.12 bits per heavy atom. The number of aromatic nitrogens is 2. The van der Waals surface area contributed by atoms with Crippen molar-refractivity contribution in [3.05, 3.63) is 12.5 Å². The summed E-state index contributed by atoms with van der Waals surface area (Å²) in [4.78, 5) is 10.2. The molecule has 1 unspecified atom stereocenters.